The van der Waals surface area contributed by atoms with Crippen molar-refractivity contribution in [1.82, 2.24) is 0 Å². The van der Waals surface area contributed by atoms with Crippen LogP contribution in [0.5, 0.6) is 0 Å². The fourth-order valence-electron chi connectivity index (χ4n) is 3.88. The van der Waals surface area contributed by atoms with E-state index in [1.165, 1.54) is 5.56 Å². The van der Waals surface area contributed by atoms with E-state index in [-0.39, 0.29) is 5.41 Å². The number of rotatable bonds is 2. The predicted molar refractivity (Wildman–Crippen MR) is 110 cm³/mol. The lowest BCUT2D eigenvalue weighted by atomic mass is 9.72. The fourth-order valence-corrected chi connectivity index (χ4v) is 5.36. The van der Waals surface area contributed by atoms with Crippen LogP contribution in [0.4, 0.5) is 5.69 Å². The van der Waals surface area contributed by atoms with E-state index in [0.717, 1.165) is 52.9 Å². The molecule has 0 unspecified atom stereocenters. The van der Waals surface area contributed by atoms with Gasteiger partial charge in [0.25, 0.3) is 0 Å². The maximum absolute atomic E-state index is 9.47. The number of nitrogens with zero attached hydrogens (tertiary/aromatic N) is 2. The summed E-state index contributed by atoms with van der Waals surface area (Å²) in [4.78, 5) is 4.97. The van der Waals surface area contributed by atoms with Gasteiger partial charge >= 0.3 is 0 Å². The second kappa shape index (κ2) is 7.34. The van der Waals surface area contributed by atoms with Gasteiger partial charge in [0.15, 0.2) is 0 Å². The molecule has 2 aliphatic heterocycles. The molecule has 4 rings (SSSR count). The number of benzene rings is 2. The lowest BCUT2D eigenvalue weighted by Crippen LogP contribution is -2.44. The van der Waals surface area contributed by atoms with Gasteiger partial charge in [-0.15, -0.1) is 0 Å². The van der Waals surface area contributed by atoms with Crippen LogP contribution in [0, 0.1) is 16.7 Å². The minimum atomic E-state index is 0.0604. The summed E-state index contributed by atoms with van der Waals surface area (Å²) in [6, 6.07) is 16.2. The highest BCUT2D eigenvalue weighted by atomic mass is 35.5. The Kier molecular flexibility index (Phi) is 4.93. The number of fused-ring (bicyclic) bond motifs is 1. The highest BCUT2D eigenvalue weighted by molar-refractivity contribution is 7.99. The first-order valence-electron chi connectivity index (χ1n) is 8.86. The monoisotopic (exact) mass is 381 g/mol. The molecule has 0 bridgehead atoms. The molecular formula is C21H20ClN3S. The van der Waals surface area contributed by atoms with E-state index in [2.05, 4.69) is 23.5 Å². The highest BCUT2D eigenvalue weighted by Crippen LogP contribution is 2.44. The molecule has 2 heterocycles. The second-order valence-corrected chi connectivity index (χ2v) is 8.60. The average molecular weight is 382 g/mol. The van der Waals surface area contributed by atoms with Gasteiger partial charge in [0, 0.05) is 10.4 Å². The molecule has 3 nitrogen and oxygen atoms in total. The molecule has 0 aliphatic carbocycles. The van der Waals surface area contributed by atoms with Crippen molar-refractivity contribution in [2.45, 2.75) is 25.8 Å². The summed E-state index contributed by atoms with van der Waals surface area (Å²) in [5.41, 5.74) is 4.02. The van der Waals surface area contributed by atoms with Crippen LogP contribution < -0.4 is 5.32 Å². The van der Waals surface area contributed by atoms with Crippen LogP contribution in [0.25, 0.3) is 0 Å². The van der Waals surface area contributed by atoms with Gasteiger partial charge in [0.1, 0.15) is 11.9 Å². The maximum Gasteiger partial charge on any atom is 0.108 e. The topological polar surface area (TPSA) is 48.2 Å². The van der Waals surface area contributed by atoms with Crippen molar-refractivity contribution in [2.24, 2.45) is 10.4 Å². The third kappa shape index (κ3) is 3.34. The molecule has 26 heavy (non-hydrogen) atoms. The van der Waals surface area contributed by atoms with Crippen molar-refractivity contribution in [1.29, 1.82) is 5.26 Å². The Morgan fingerprint density at radius 2 is 2.00 bits per heavy atom. The number of hydrogen-bond donors (Lipinski definition) is 1. The van der Waals surface area contributed by atoms with Gasteiger partial charge < -0.3 is 5.32 Å². The Hall–Kier alpha value is -1.96. The van der Waals surface area contributed by atoms with E-state index < -0.39 is 0 Å². The van der Waals surface area contributed by atoms with Gasteiger partial charge in [-0.05, 0) is 60.1 Å². The Balaban J connectivity index is 1.72. The molecule has 132 valence electrons. The zero-order valence-electron chi connectivity index (χ0n) is 14.5. The van der Waals surface area contributed by atoms with E-state index in [9.17, 15) is 5.26 Å². The van der Waals surface area contributed by atoms with E-state index in [0.29, 0.717) is 12.1 Å². The van der Waals surface area contributed by atoms with Crippen LogP contribution in [0.1, 0.15) is 29.5 Å². The van der Waals surface area contributed by atoms with Crippen LogP contribution >= 0.6 is 23.4 Å². The SMILES string of the molecule is N#Cc1cccc2c1NC(=NCc1cccc(Cl)c1)C1(CCSCC1)C2. The first kappa shape index (κ1) is 17.5. The van der Waals surface area contributed by atoms with E-state index in [1.54, 1.807) is 0 Å². The van der Waals surface area contributed by atoms with Gasteiger partial charge in [-0.1, -0.05) is 35.9 Å². The zero-order valence-corrected chi connectivity index (χ0v) is 16.0. The summed E-state index contributed by atoms with van der Waals surface area (Å²) in [5.74, 6) is 3.35. The number of anilines is 1. The number of para-hydroxylation sites is 1. The summed E-state index contributed by atoms with van der Waals surface area (Å²) < 4.78 is 0. The number of hydrogen-bond acceptors (Lipinski definition) is 3. The number of thioether (sulfide) groups is 1. The Labute approximate surface area is 163 Å². The van der Waals surface area contributed by atoms with Crippen molar-refractivity contribution >= 4 is 34.9 Å². The minimum Gasteiger partial charge on any atom is -0.342 e. The molecule has 2 aromatic rings. The first-order chi connectivity index (χ1) is 12.7. The summed E-state index contributed by atoms with van der Waals surface area (Å²) >= 11 is 8.13. The van der Waals surface area contributed by atoms with Gasteiger partial charge in [0.2, 0.25) is 0 Å². The molecule has 0 radical (unpaired) electrons. The van der Waals surface area contributed by atoms with Gasteiger partial charge in [-0.2, -0.15) is 17.0 Å². The van der Waals surface area contributed by atoms with Crippen LogP contribution in [0.15, 0.2) is 47.5 Å². The molecule has 0 atom stereocenters. The molecule has 2 aromatic carbocycles. The Morgan fingerprint density at radius 3 is 2.77 bits per heavy atom. The molecule has 1 spiro atoms. The number of halogens is 1. The van der Waals surface area contributed by atoms with Crippen molar-refractivity contribution in [2.75, 3.05) is 16.8 Å². The molecular weight excluding hydrogens is 362 g/mol. The normalized spacial score (nSPS) is 19.6. The van der Waals surface area contributed by atoms with Crippen molar-refractivity contribution in [3.05, 3.63) is 64.2 Å². The number of nitrogens with one attached hydrogen (secondary N) is 1. The molecule has 0 amide bonds. The highest BCUT2D eigenvalue weighted by Gasteiger charge is 2.41. The third-order valence-corrected chi connectivity index (χ3v) is 6.53. The summed E-state index contributed by atoms with van der Waals surface area (Å²) in [6.07, 6.45) is 3.20. The van der Waals surface area contributed by atoms with Crippen LogP contribution in [0.2, 0.25) is 5.02 Å². The summed E-state index contributed by atoms with van der Waals surface area (Å²) in [6.45, 7) is 0.599. The van der Waals surface area contributed by atoms with Gasteiger partial charge in [0.05, 0.1) is 17.8 Å². The number of nitriles is 1. The average Bonchev–Trinajstić information content (AvgIpc) is 2.66. The van der Waals surface area contributed by atoms with Crippen LogP contribution in [-0.4, -0.2) is 17.3 Å². The molecule has 1 N–H and O–H groups in total. The largest absolute Gasteiger partial charge is 0.342 e. The van der Waals surface area contributed by atoms with Gasteiger partial charge in [-0.3, -0.25) is 4.99 Å². The Bertz CT molecular complexity index is 894. The van der Waals surface area contributed by atoms with E-state index >= 15 is 0 Å². The fraction of sp³-hybridized carbons (Fsp3) is 0.333. The van der Waals surface area contributed by atoms with Crippen LogP contribution in [-0.2, 0) is 13.0 Å². The summed E-state index contributed by atoms with van der Waals surface area (Å²) in [5, 5.41) is 13.8. The molecule has 0 saturated carbocycles. The van der Waals surface area contributed by atoms with Crippen molar-refractivity contribution in [3.8, 4) is 6.07 Å². The lowest BCUT2D eigenvalue weighted by Gasteiger charge is -2.42. The predicted octanol–water partition coefficient (Wildman–Crippen LogP) is 5.29. The molecule has 2 aliphatic rings. The quantitative estimate of drug-likeness (QED) is 0.768. The van der Waals surface area contributed by atoms with Crippen molar-refractivity contribution < 1.29 is 0 Å². The lowest BCUT2D eigenvalue weighted by molar-refractivity contribution is 0.377. The van der Waals surface area contributed by atoms with Gasteiger partial charge in [-0.25, -0.2) is 0 Å². The number of aliphatic imine (C=N–C) groups is 1. The van der Waals surface area contributed by atoms with Crippen molar-refractivity contribution in [3.63, 3.8) is 0 Å². The third-order valence-electron chi connectivity index (χ3n) is 5.30. The molecule has 0 aromatic heterocycles. The molecule has 1 saturated heterocycles. The molecule has 1 fully saturated rings. The van der Waals surface area contributed by atoms with E-state index in [4.69, 9.17) is 16.6 Å². The van der Waals surface area contributed by atoms with Crippen LogP contribution in [0.3, 0.4) is 0 Å². The molecule has 5 heteroatoms. The van der Waals surface area contributed by atoms with E-state index in [1.807, 2.05) is 42.1 Å². The second-order valence-electron chi connectivity index (χ2n) is 6.94. The smallest absolute Gasteiger partial charge is 0.108 e. The zero-order chi connectivity index (χ0) is 18.0. The minimum absolute atomic E-state index is 0.0604. The first-order valence-corrected chi connectivity index (χ1v) is 10.4. The summed E-state index contributed by atoms with van der Waals surface area (Å²) in [7, 11) is 0. The standard InChI is InChI=1S/C21H20ClN3S/c22-18-6-1-3-15(11-18)14-24-20-21(7-9-26-10-8-21)12-16-4-2-5-17(13-23)19(16)25-20/h1-6,11H,7-10,12,14H2,(H,24,25). The maximum atomic E-state index is 9.47. The Morgan fingerprint density at radius 1 is 1.19 bits per heavy atom. The number of amidine groups is 1.